The van der Waals surface area contributed by atoms with Gasteiger partial charge in [0.1, 0.15) is 30.0 Å². The predicted molar refractivity (Wildman–Crippen MR) is 170 cm³/mol. The lowest BCUT2D eigenvalue weighted by Crippen LogP contribution is -2.63. The largest absolute Gasteiger partial charge is 0.459 e. The minimum atomic E-state index is -1.32. The molecule has 2 bridgehead atoms. The quantitative estimate of drug-likeness (QED) is 0.219. The Balaban J connectivity index is 1.13. The van der Waals surface area contributed by atoms with Crippen LogP contribution in [0, 0.1) is 44.8 Å². The SMILES string of the molecule is CC(=O)OC1C(O)[C@@]2(C)C3CCC4C(C)(C)C(OC5OCC(O)C(O)C5O)CC[C@@]45C[C@@]35CC[C@@]23CO[C@@]2(C(C)(C)O)CC[C@](C)(O2)C13. The van der Waals surface area contributed by atoms with Crippen molar-refractivity contribution >= 4 is 5.97 Å². The Kier molecular flexibility index (Phi) is 7.24. The molecule has 0 aromatic heterocycles. The first-order valence-corrected chi connectivity index (χ1v) is 18.5. The van der Waals surface area contributed by atoms with Crippen molar-refractivity contribution in [2.75, 3.05) is 13.2 Å². The Morgan fingerprint density at radius 3 is 2.21 bits per heavy atom. The van der Waals surface area contributed by atoms with Crippen LogP contribution in [0.4, 0.5) is 0 Å². The molecule has 272 valence electrons. The van der Waals surface area contributed by atoms with Crippen molar-refractivity contribution in [2.45, 2.75) is 166 Å². The molecule has 3 spiro atoms. The van der Waals surface area contributed by atoms with Gasteiger partial charge < -0.3 is 49.2 Å². The molecule has 8 fully saturated rings. The van der Waals surface area contributed by atoms with Crippen molar-refractivity contribution in [3.8, 4) is 0 Å². The van der Waals surface area contributed by atoms with Gasteiger partial charge in [0.25, 0.3) is 0 Å². The van der Waals surface area contributed by atoms with Crippen LogP contribution in [0.3, 0.4) is 0 Å². The molecule has 0 radical (unpaired) electrons. The molecule has 3 heterocycles. The zero-order chi connectivity index (χ0) is 34.7. The lowest BCUT2D eigenvalue weighted by atomic mass is 9.41. The van der Waals surface area contributed by atoms with Crippen molar-refractivity contribution in [3.63, 3.8) is 0 Å². The third kappa shape index (κ3) is 3.95. The van der Waals surface area contributed by atoms with Gasteiger partial charge in [0.2, 0.25) is 0 Å². The molecule has 5 aliphatic carbocycles. The minimum Gasteiger partial charge on any atom is -0.459 e. The smallest absolute Gasteiger partial charge is 0.303 e. The van der Waals surface area contributed by atoms with Crippen LogP contribution < -0.4 is 0 Å². The number of carbonyl (C=O) groups excluding carboxylic acids is 1. The molecular weight excluding hydrogens is 620 g/mol. The van der Waals surface area contributed by atoms with Crippen LogP contribution in [0.15, 0.2) is 0 Å². The summed E-state index contributed by atoms with van der Waals surface area (Å²) in [5.41, 5.74) is -3.27. The second-order valence-corrected chi connectivity index (χ2v) is 18.9. The Hall–Kier alpha value is -0.890. The molecule has 11 nitrogen and oxygen atoms in total. The van der Waals surface area contributed by atoms with Crippen molar-refractivity contribution in [1.82, 2.24) is 0 Å². The van der Waals surface area contributed by atoms with Crippen LogP contribution in [-0.4, -0.2) is 105 Å². The average Bonchev–Trinajstić information content (AvgIpc) is 3.50. The van der Waals surface area contributed by atoms with Crippen LogP contribution >= 0.6 is 0 Å². The minimum absolute atomic E-state index is 0.0248. The highest BCUT2D eigenvalue weighted by atomic mass is 16.7. The molecule has 10 unspecified atom stereocenters. The monoisotopic (exact) mass is 678 g/mol. The highest BCUT2D eigenvalue weighted by molar-refractivity contribution is 5.66. The van der Waals surface area contributed by atoms with Crippen LogP contribution in [0.1, 0.15) is 106 Å². The second-order valence-electron chi connectivity index (χ2n) is 18.9. The zero-order valence-corrected chi connectivity index (χ0v) is 29.7. The summed E-state index contributed by atoms with van der Waals surface area (Å²) in [5.74, 6) is -1.33. The van der Waals surface area contributed by atoms with Gasteiger partial charge in [0.15, 0.2) is 12.1 Å². The van der Waals surface area contributed by atoms with E-state index in [4.69, 9.17) is 23.7 Å². The fraction of sp³-hybridized carbons (Fsp3) is 0.973. The Bertz CT molecular complexity index is 1350. The van der Waals surface area contributed by atoms with Crippen molar-refractivity contribution in [1.29, 1.82) is 0 Å². The second kappa shape index (κ2) is 10.2. The summed E-state index contributed by atoms with van der Waals surface area (Å²) < 4.78 is 31.9. The maximum Gasteiger partial charge on any atom is 0.303 e. The summed E-state index contributed by atoms with van der Waals surface area (Å²) in [7, 11) is 0. The lowest BCUT2D eigenvalue weighted by molar-refractivity contribution is -0.317. The summed E-state index contributed by atoms with van der Waals surface area (Å²) in [5, 5.41) is 54.9. The van der Waals surface area contributed by atoms with Gasteiger partial charge in [-0.25, -0.2) is 0 Å². The topological polar surface area (TPSA) is 164 Å². The molecular formula is C37H58O11. The van der Waals surface area contributed by atoms with Gasteiger partial charge >= 0.3 is 5.97 Å². The number of aliphatic hydroxyl groups excluding tert-OH is 4. The number of ether oxygens (including phenoxy) is 5. The number of rotatable bonds is 4. The molecule has 8 aliphatic rings. The molecule has 11 heteroatoms. The Morgan fingerprint density at radius 2 is 1.52 bits per heavy atom. The molecule has 0 amide bonds. The fourth-order valence-corrected chi connectivity index (χ4v) is 14.1. The number of carbonyl (C=O) groups is 1. The van der Waals surface area contributed by atoms with Gasteiger partial charge in [0, 0.05) is 30.1 Å². The summed E-state index contributed by atoms with van der Waals surface area (Å²) in [6.45, 7) is 14.0. The van der Waals surface area contributed by atoms with Gasteiger partial charge in [-0.05, 0) is 100 Å². The van der Waals surface area contributed by atoms with E-state index in [0.29, 0.717) is 25.4 Å². The van der Waals surface area contributed by atoms with Gasteiger partial charge in [-0.1, -0.05) is 20.8 Å². The normalized spacial score (nSPS) is 58.1. The summed E-state index contributed by atoms with van der Waals surface area (Å²) in [4.78, 5) is 12.7. The lowest BCUT2D eigenvalue weighted by Gasteiger charge is -2.64. The van der Waals surface area contributed by atoms with E-state index in [1.807, 2.05) is 0 Å². The van der Waals surface area contributed by atoms with E-state index in [1.54, 1.807) is 13.8 Å². The molecule has 5 saturated carbocycles. The maximum atomic E-state index is 12.7. The number of hydrogen-bond acceptors (Lipinski definition) is 11. The maximum absolute atomic E-state index is 12.7. The van der Waals surface area contributed by atoms with Gasteiger partial charge in [-0.15, -0.1) is 0 Å². The molecule has 3 saturated heterocycles. The van der Waals surface area contributed by atoms with E-state index in [-0.39, 0.29) is 40.8 Å². The Labute approximate surface area is 284 Å². The average molecular weight is 679 g/mol. The van der Waals surface area contributed by atoms with E-state index in [2.05, 4.69) is 27.7 Å². The Morgan fingerprint density at radius 1 is 0.854 bits per heavy atom. The highest BCUT2D eigenvalue weighted by Crippen LogP contribution is 2.89. The highest BCUT2D eigenvalue weighted by Gasteiger charge is 2.87. The molecule has 0 aromatic carbocycles. The first-order valence-electron chi connectivity index (χ1n) is 18.5. The summed E-state index contributed by atoms with van der Waals surface area (Å²) in [6, 6.07) is 0. The zero-order valence-electron chi connectivity index (χ0n) is 29.7. The van der Waals surface area contributed by atoms with Crippen LogP contribution in [0.25, 0.3) is 0 Å². The van der Waals surface area contributed by atoms with E-state index in [9.17, 15) is 30.3 Å². The first kappa shape index (κ1) is 34.2. The van der Waals surface area contributed by atoms with Crippen LogP contribution in [0.2, 0.25) is 0 Å². The number of fused-ring (bicyclic) bond motifs is 4. The van der Waals surface area contributed by atoms with Crippen LogP contribution in [-0.2, 0) is 28.5 Å². The number of esters is 1. The predicted octanol–water partition coefficient (Wildman–Crippen LogP) is 2.81. The van der Waals surface area contributed by atoms with Crippen molar-refractivity contribution in [2.24, 2.45) is 44.8 Å². The standard InChI is InChI=1S/C37H58O11/c1-19(38)46-26-27-32(6)12-15-37(48-32,31(4,5)43)45-18-36(27)14-13-35-17-34(35)11-10-23(47-29-25(41)24(40)20(39)16-44-29)30(2,3)21(34)8-9-22(35)33(36,7)28(26)42/h20-29,39-43H,8-18H2,1-7H3/t20?,21?,22?,23?,24?,25?,26?,27?,28?,29?,32-,33+,34+,35-,36-,37-/m0/s1. The van der Waals surface area contributed by atoms with Gasteiger partial charge in [-0.3, -0.25) is 4.79 Å². The van der Waals surface area contributed by atoms with E-state index in [1.165, 1.54) is 6.92 Å². The van der Waals surface area contributed by atoms with Crippen molar-refractivity contribution in [3.05, 3.63) is 0 Å². The third-order valence-corrected chi connectivity index (χ3v) is 16.4. The molecule has 3 aliphatic heterocycles. The summed E-state index contributed by atoms with van der Waals surface area (Å²) >= 11 is 0. The third-order valence-electron chi connectivity index (χ3n) is 16.4. The van der Waals surface area contributed by atoms with Crippen LogP contribution in [0.5, 0.6) is 0 Å². The summed E-state index contributed by atoms with van der Waals surface area (Å²) in [6.07, 6.45) is 1.09. The van der Waals surface area contributed by atoms with Gasteiger partial charge in [-0.2, -0.15) is 0 Å². The van der Waals surface area contributed by atoms with E-state index < -0.39 is 70.6 Å². The van der Waals surface area contributed by atoms with Crippen molar-refractivity contribution < 1.29 is 54.0 Å². The number of aliphatic hydroxyl groups is 5. The molecule has 16 atom stereocenters. The molecule has 0 aromatic rings. The molecule has 5 N–H and O–H groups in total. The van der Waals surface area contributed by atoms with E-state index in [0.717, 1.165) is 44.9 Å². The molecule has 8 rings (SSSR count). The van der Waals surface area contributed by atoms with E-state index >= 15 is 0 Å². The number of hydrogen-bond donors (Lipinski definition) is 5. The molecule has 48 heavy (non-hydrogen) atoms. The van der Waals surface area contributed by atoms with Gasteiger partial charge in [0.05, 0.1) is 31.0 Å². The first-order chi connectivity index (χ1) is 22.3. The fourth-order valence-electron chi connectivity index (χ4n) is 14.1.